The number of hydrogen-bond acceptors (Lipinski definition) is 2. The largest absolute Gasteiger partial charge is 0.508 e. The molecule has 0 saturated carbocycles. The van der Waals surface area contributed by atoms with E-state index in [0.29, 0.717) is 27.5 Å². The second kappa shape index (κ2) is 4.78. The summed E-state index contributed by atoms with van der Waals surface area (Å²) in [6.45, 7) is 0. The van der Waals surface area contributed by atoms with E-state index in [2.05, 4.69) is 0 Å². The monoisotopic (exact) mass is 266 g/mol. The number of aldehydes is 1. The van der Waals surface area contributed by atoms with Gasteiger partial charge in [-0.15, -0.1) is 0 Å². The molecule has 2 aromatic carbocycles. The maximum Gasteiger partial charge on any atom is 0.150 e. The zero-order valence-corrected chi connectivity index (χ0v) is 10.2. The van der Waals surface area contributed by atoms with Crippen molar-refractivity contribution in [2.24, 2.45) is 0 Å². The molecular weight excluding hydrogens is 259 g/mol. The highest BCUT2D eigenvalue weighted by Gasteiger charge is 2.04. The van der Waals surface area contributed by atoms with Crippen LogP contribution in [0.4, 0.5) is 0 Å². The maximum absolute atomic E-state index is 10.7. The molecule has 0 atom stereocenters. The summed E-state index contributed by atoms with van der Waals surface area (Å²) in [4.78, 5) is 10.7. The van der Waals surface area contributed by atoms with Gasteiger partial charge in [0.05, 0.1) is 0 Å². The van der Waals surface area contributed by atoms with Gasteiger partial charge in [-0.25, -0.2) is 0 Å². The molecule has 2 aromatic rings. The van der Waals surface area contributed by atoms with Crippen LogP contribution in [0, 0.1) is 0 Å². The van der Waals surface area contributed by atoms with E-state index in [1.165, 1.54) is 6.07 Å². The average molecular weight is 267 g/mol. The fourth-order valence-electron chi connectivity index (χ4n) is 1.59. The van der Waals surface area contributed by atoms with Gasteiger partial charge in [-0.1, -0.05) is 23.2 Å². The number of phenolic OH excluding ortho intramolecular Hbond substituents is 1. The molecule has 2 rings (SSSR count). The SMILES string of the molecule is O=Cc1cc(O)cc(-c2cc(Cl)cc(Cl)c2)c1. The van der Waals surface area contributed by atoms with Crippen molar-refractivity contribution in [1.29, 1.82) is 0 Å². The smallest absolute Gasteiger partial charge is 0.150 e. The van der Waals surface area contributed by atoms with Gasteiger partial charge < -0.3 is 5.11 Å². The van der Waals surface area contributed by atoms with Crippen LogP contribution in [0.3, 0.4) is 0 Å². The van der Waals surface area contributed by atoms with E-state index in [1.807, 2.05) is 0 Å². The maximum atomic E-state index is 10.7. The zero-order chi connectivity index (χ0) is 12.4. The number of halogens is 2. The normalized spacial score (nSPS) is 10.2. The van der Waals surface area contributed by atoms with Gasteiger partial charge in [0.15, 0.2) is 0 Å². The van der Waals surface area contributed by atoms with E-state index >= 15 is 0 Å². The van der Waals surface area contributed by atoms with Gasteiger partial charge in [-0.3, -0.25) is 4.79 Å². The van der Waals surface area contributed by atoms with Crippen LogP contribution in [-0.2, 0) is 0 Å². The number of aromatic hydroxyl groups is 1. The number of carbonyl (C=O) groups is 1. The van der Waals surface area contributed by atoms with Crippen LogP contribution >= 0.6 is 23.2 Å². The van der Waals surface area contributed by atoms with Crippen molar-refractivity contribution >= 4 is 29.5 Å². The Morgan fingerprint density at radius 2 is 1.47 bits per heavy atom. The van der Waals surface area contributed by atoms with Gasteiger partial charge in [0.1, 0.15) is 12.0 Å². The van der Waals surface area contributed by atoms with E-state index in [9.17, 15) is 9.90 Å². The molecule has 2 nitrogen and oxygen atoms in total. The lowest BCUT2D eigenvalue weighted by Crippen LogP contribution is -1.84. The number of carbonyl (C=O) groups excluding carboxylic acids is 1. The van der Waals surface area contributed by atoms with Crippen molar-refractivity contribution in [1.82, 2.24) is 0 Å². The first-order valence-corrected chi connectivity index (χ1v) is 5.60. The third-order valence-corrected chi connectivity index (χ3v) is 2.71. The molecule has 0 heterocycles. The highest BCUT2D eigenvalue weighted by molar-refractivity contribution is 6.35. The van der Waals surface area contributed by atoms with Crippen LogP contribution in [0.2, 0.25) is 10.0 Å². The lowest BCUT2D eigenvalue weighted by atomic mass is 10.0. The van der Waals surface area contributed by atoms with Gasteiger partial charge >= 0.3 is 0 Å². The van der Waals surface area contributed by atoms with Gasteiger partial charge in [0.25, 0.3) is 0 Å². The first-order chi connectivity index (χ1) is 8.08. The fourth-order valence-corrected chi connectivity index (χ4v) is 2.12. The van der Waals surface area contributed by atoms with E-state index in [1.54, 1.807) is 30.3 Å². The van der Waals surface area contributed by atoms with Crippen molar-refractivity contribution in [3.8, 4) is 16.9 Å². The topological polar surface area (TPSA) is 37.3 Å². The molecule has 0 spiro atoms. The molecule has 4 heteroatoms. The molecule has 0 amide bonds. The summed E-state index contributed by atoms with van der Waals surface area (Å²) in [7, 11) is 0. The van der Waals surface area contributed by atoms with Gasteiger partial charge in [-0.05, 0) is 47.5 Å². The molecule has 0 aliphatic rings. The molecule has 0 aliphatic heterocycles. The second-order valence-electron chi connectivity index (χ2n) is 3.59. The molecule has 1 N–H and O–H groups in total. The number of phenols is 1. The second-order valence-corrected chi connectivity index (χ2v) is 4.46. The van der Waals surface area contributed by atoms with Crippen LogP contribution < -0.4 is 0 Å². The average Bonchev–Trinajstić information content (AvgIpc) is 2.26. The van der Waals surface area contributed by atoms with E-state index in [-0.39, 0.29) is 5.75 Å². The summed E-state index contributed by atoms with van der Waals surface area (Å²) in [5.41, 5.74) is 1.84. The lowest BCUT2D eigenvalue weighted by Gasteiger charge is -2.05. The minimum atomic E-state index is 0.0284. The molecule has 0 unspecified atom stereocenters. The molecule has 0 saturated heterocycles. The number of rotatable bonds is 2. The Bertz CT molecular complexity index is 559. The predicted octanol–water partition coefficient (Wildman–Crippen LogP) is 4.18. The molecule has 0 bridgehead atoms. The predicted molar refractivity (Wildman–Crippen MR) is 69.0 cm³/mol. The van der Waals surface area contributed by atoms with Crippen LogP contribution in [0.25, 0.3) is 11.1 Å². The Morgan fingerprint density at radius 3 is 2.06 bits per heavy atom. The summed E-state index contributed by atoms with van der Waals surface area (Å²) in [6.07, 6.45) is 0.676. The minimum absolute atomic E-state index is 0.0284. The summed E-state index contributed by atoms with van der Waals surface area (Å²) >= 11 is 11.8. The van der Waals surface area contributed by atoms with Crippen molar-refractivity contribution in [2.45, 2.75) is 0 Å². The lowest BCUT2D eigenvalue weighted by molar-refractivity contribution is 0.112. The first kappa shape index (κ1) is 12.0. The highest BCUT2D eigenvalue weighted by atomic mass is 35.5. The molecule has 0 radical (unpaired) electrons. The van der Waals surface area contributed by atoms with E-state index in [0.717, 1.165) is 5.56 Å². The van der Waals surface area contributed by atoms with Gasteiger partial charge in [0, 0.05) is 15.6 Å². The highest BCUT2D eigenvalue weighted by Crippen LogP contribution is 2.29. The molecule has 0 fully saturated rings. The summed E-state index contributed by atoms with van der Waals surface area (Å²) in [5, 5.41) is 10.5. The van der Waals surface area contributed by atoms with Crippen LogP contribution in [-0.4, -0.2) is 11.4 Å². The Labute approximate surface area is 108 Å². The van der Waals surface area contributed by atoms with Crippen LogP contribution in [0.5, 0.6) is 5.75 Å². The first-order valence-electron chi connectivity index (χ1n) is 4.84. The van der Waals surface area contributed by atoms with Crippen LogP contribution in [0.15, 0.2) is 36.4 Å². The van der Waals surface area contributed by atoms with E-state index < -0.39 is 0 Å². The third-order valence-electron chi connectivity index (χ3n) is 2.27. The molecular formula is C13H8Cl2O2. The van der Waals surface area contributed by atoms with Crippen molar-refractivity contribution in [3.05, 3.63) is 52.0 Å². The quantitative estimate of drug-likeness (QED) is 0.829. The van der Waals surface area contributed by atoms with Crippen LogP contribution in [0.1, 0.15) is 10.4 Å². The van der Waals surface area contributed by atoms with Gasteiger partial charge in [0.2, 0.25) is 0 Å². The van der Waals surface area contributed by atoms with Crippen molar-refractivity contribution < 1.29 is 9.90 Å². The molecule has 86 valence electrons. The molecule has 17 heavy (non-hydrogen) atoms. The molecule has 0 aliphatic carbocycles. The Balaban J connectivity index is 2.59. The zero-order valence-electron chi connectivity index (χ0n) is 8.65. The molecule has 0 aromatic heterocycles. The number of hydrogen-bond donors (Lipinski definition) is 1. The third kappa shape index (κ3) is 2.78. The standard InChI is InChI=1S/C13H8Cl2O2/c14-11-3-10(4-12(15)6-11)9-1-8(7-16)2-13(17)5-9/h1-7,17H. The van der Waals surface area contributed by atoms with E-state index in [4.69, 9.17) is 23.2 Å². The Morgan fingerprint density at radius 1 is 0.882 bits per heavy atom. The summed E-state index contributed by atoms with van der Waals surface area (Å²) < 4.78 is 0. The van der Waals surface area contributed by atoms with Crippen molar-refractivity contribution in [2.75, 3.05) is 0 Å². The number of benzene rings is 2. The van der Waals surface area contributed by atoms with Gasteiger partial charge in [-0.2, -0.15) is 0 Å². The Hall–Kier alpha value is -1.51. The Kier molecular flexibility index (Phi) is 3.36. The summed E-state index contributed by atoms with van der Waals surface area (Å²) in [6, 6.07) is 9.66. The fraction of sp³-hybridized carbons (Fsp3) is 0. The van der Waals surface area contributed by atoms with Crippen molar-refractivity contribution in [3.63, 3.8) is 0 Å². The minimum Gasteiger partial charge on any atom is -0.508 e. The summed E-state index contributed by atoms with van der Waals surface area (Å²) in [5.74, 6) is 0.0284.